The molecule has 0 aliphatic rings. The van der Waals surface area contributed by atoms with E-state index < -0.39 is 0 Å². The maximum atomic E-state index is 8.40. The third-order valence-electron chi connectivity index (χ3n) is 2.08. The molecule has 0 spiro atoms. The molecule has 2 rings (SSSR count). The van der Waals surface area contributed by atoms with E-state index in [1.807, 2.05) is 24.3 Å². The Kier molecular flexibility index (Phi) is 2.65. The number of nitriles is 1. The zero-order chi connectivity index (χ0) is 11.4. The van der Waals surface area contributed by atoms with Gasteiger partial charge in [-0.3, -0.25) is 10.3 Å². The minimum Gasteiger partial charge on any atom is -0.369 e. The minimum atomic E-state index is 0.0758. The van der Waals surface area contributed by atoms with E-state index in [9.17, 15) is 0 Å². The first kappa shape index (κ1) is 9.93. The van der Waals surface area contributed by atoms with Crippen LogP contribution in [0.3, 0.4) is 0 Å². The molecule has 0 bridgehead atoms. The van der Waals surface area contributed by atoms with E-state index in [1.54, 1.807) is 18.6 Å². The van der Waals surface area contributed by atoms with E-state index in [-0.39, 0.29) is 5.96 Å². The van der Waals surface area contributed by atoms with Crippen molar-refractivity contribution in [3.05, 3.63) is 36.7 Å². The van der Waals surface area contributed by atoms with Gasteiger partial charge in [-0.05, 0) is 12.1 Å². The summed E-state index contributed by atoms with van der Waals surface area (Å²) in [4.78, 5) is 8.13. The molecule has 1 heterocycles. The molecular formula is C11H9N5. The average Bonchev–Trinajstić information content (AvgIpc) is 2.30. The number of hydrogen-bond acceptors (Lipinski definition) is 3. The Morgan fingerprint density at radius 3 is 3.12 bits per heavy atom. The van der Waals surface area contributed by atoms with Crippen LogP contribution in [0.2, 0.25) is 0 Å². The molecule has 0 saturated carbocycles. The molecule has 2 aromatic rings. The topological polar surface area (TPSA) is 87.1 Å². The molecule has 1 aromatic heterocycles. The second-order valence-electron chi connectivity index (χ2n) is 3.11. The third-order valence-corrected chi connectivity index (χ3v) is 2.08. The van der Waals surface area contributed by atoms with E-state index in [0.717, 1.165) is 10.8 Å². The van der Waals surface area contributed by atoms with Gasteiger partial charge in [-0.25, -0.2) is 4.99 Å². The van der Waals surface area contributed by atoms with Gasteiger partial charge in [0.2, 0.25) is 5.96 Å². The summed E-state index contributed by atoms with van der Waals surface area (Å²) < 4.78 is 0. The minimum absolute atomic E-state index is 0.0758. The van der Waals surface area contributed by atoms with Crippen LogP contribution in [0.15, 0.2) is 41.7 Å². The van der Waals surface area contributed by atoms with E-state index >= 15 is 0 Å². The number of fused-ring (bicyclic) bond motifs is 1. The van der Waals surface area contributed by atoms with Crippen molar-refractivity contribution < 1.29 is 0 Å². The zero-order valence-electron chi connectivity index (χ0n) is 8.38. The molecule has 0 atom stereocenters. The van der Waals surface area contributed by atoms with E-state index in [2.05, 4.69) is 15.3 Å². The molecule has 16 heavy (non-hydrogen) atoms. The average molecular weight is 211 g/mol. The van der Waals surface area contributed by atoms with Gasteiger partial charge in [0.25, 0.3) is 0 Å². The molecule has 5 heteroatoms. The van der Waals surface area contributed by atoms with Gasteiger partial charge in [0.15, 0.2) is 6.19 Å². The molecule has 5 nitrogen and oxygen atoms in total. The lowest BCUT2D eigenvalue weighted by atomic mass is 10.1. The van der Waals surface area contributed by atoms with Gasteiger partial charge in [-0.1, -0.05) is 12.1 Å². The van der Waals surface area contributed by atoms with Crippen LogP contribution in [0.25, 0.3) is 10.8 Å². The van der Waals surface area contributed by atoms with Crippen molar-refractivity contribution >= 4 is 22.4 Å². The van der Waals surface area contributed by atoms with Crippen molar-refractivity contribution in [3.63, 3.8) is 0 Å². The number of nitrogens with two attached hydrogens (primary N) is 1. The predicted molar refractivity (Wildman–Crippen MR) is 61.8 cm³/mol. The lowest BCUT2D eigenvalue weighted by Gasteiger charge is -2.01. The van der Waals surface area contributed by atoms with Crippen LogP contribution in [0, 0.1) is 11.5 Å². The number of guanidine groups is 1. The van der Waals surface area contributed by atoms with E-state index in [4.69, 9.17) is 11.0 Å². The highest BCUT2D eigenvalue weighted by Gasteiger charge is 1.99. The van der Waals surface area contributed by atoms with Crippen molar-refractivity contribution in [2.24, 2.45) is 10.7 Å². The maximum Gasteiger partial charge on any atom is 0.207 e. The number of nitrogens with zero attached hydrogens (tertiary/aromatic N) is 3. The van der Waals surface area contributed by atoms with Crippen LogP contribution in [0.4, 0.5) is 5.69 Å². The SMILES string of the molecule is N#CNC(N)=Nc1cccc2cnccc12. The zero-order valence-corrected chi connectivity index (χ0v) is 8.38. The maximum absolute atomic E-state index is 8.40. The summed E-state index contributed by atoms with van der Waals surface area (Å²) in [6, 6.07) is 7.49. The smallest absolute Gasteiger partial charge is 0.207 e. The van der Waals surface area contributed by atoms with Crippen LogP contribution in [0.5, 0.6) is 0 Å². The van der Waals surface area contributed by atoms with Gasteiger partial charge in [-0.15, -0.1) is 0 Å². The number of pyridine rings is 1. The molecule has 3 N–H and O–H groups in total. The normalized spacial score (nSPS) is 11.1. The second kappa shape index (κ2) is 4.28. The number of hydrogen-bond donors (Lipinski definition) is 2. The summed E-state index contributed by atoms with van der Waals surface area (Å²) in [5, 5.41) is 12.6. The number of rotatable bonds is 1. The Bertz CT molecular complexity index is 577. The molecule has 0 amide bonds. The Balaban J connectivity index is 2.53. The Morgan fingerprint density at radius 2 is 2.31 bits per heavy atom. The highest BCUT2D eigenvalue weighted by atomic mass is 15.1. The molecule has 1 aromatic carbocycles. The fourth-order valence-corrected chi connectivity index (χ4v) is 1.42. The number of benzene rings is 1. The van der Waals surface area contributed by atoms with Crippen molar-refractivity contribution in [3.8, 4) is 6.19 Å². The molecule has 0 unspecified atom stereocenters. The van der Waals surface area contributed by atoms with Crippen LogP contribution >= 0.6 is 0 Å². The summed E-state index contributed by atoms with van der Waals surface area (Å²) in [6.45, 7) is 0. The lowest BCUT2D eigenvalue weighted by molar-refractivity contribution is 1.22. The Morgan fingerprint density at radius 1 is 1.44 bits per heavy atom. The summed E-state index contributed by atoms with van der Waals surface area (Å²) in [6.07, 6.45) is 5.16. The van der Waals surface area contributed by atoms with Crippen molar-refractivity contribution in [1.29, 1.82) is 5.26 Å². The van der Waals surface area contributed by atoms with Crippen LogP contribution in [-0.4, -0.2) is 10.9 Å². The largest absolute Gasteiger partial charge is 0.369 e. The van der Waals surface area contributed by atoms with E-state index in [0.29, 0.717) is 5.69 Å². The Labute approximate surface area is 92.2 Å². The van der Waals surface area contributed by atoms with Crippen LogP contribution in [-0.2, 0) is 0 Å². The van der Waals surface area contributed by atoms with Crippen LogP contribution in [0.1, 0.15) is 0 Å². The first-order valence-electron chi connectivity index (χ1n) is 4.63. The second-order valence-corrected chi connectivity index (χ2v) is 3.11. The number of aromatic nitrogens is 1. The summed E-state index contributed by atoms with van der Waals surface area (Å²) >= 11 is 0. The summed E-state index contributed by atoms with van der Waals surface area (Å²) in [7, 11) is 0. The molecule has 0 aliphatic carbocycles. The predicted octanol–water partition coefficient (Wildman–Crippen LogP) is 1.25. The van der Waals surface area contributed by atoms with E-state index in [1.165, 1.54) is 0 Å². The Hall–Kier alpha value is -2.61. The first-order valence-corrected chi connectivity index (χ1v) is 4.63. The molecule has 0 radical (unpaired) electrons. The van der Waals surface area contributed by atoms with Gasteiger partial charge >= 0.3 is 0 Å². The van der Waals surface area contributed by atoms with Crippen molar-refractivity contribution in [1.82, 2.24) is 10.3 Å². The number of aliphatic imine (C=N–C) groups is 1. The van der Waals surface area contributed by atoms with Gasteiger partial charge in [0.05, 0.1) is 5.69 Å². The molecular weight excluding hydrogens is 202 g/mol. The van der Waals surface area contributed by atoms with Gasteiger partial charge < -0.3 is 5.73 Å². The van der Waals surface area contributed by atoms with Crippen molar-refractivity contribution in [2.45, 2.75) is 0 Å². The molecule has 78 valence electrons. The first-order chi connectivity index (χ1) is 7.81. The number of nitrogens with one attached hydrogen (secondary N) is 1. The molecule has 0 aliphatic heterocycles. The lowest BCUT2D eigenvalue weighted by Crippen LogP contribution is -2.26. The molecule has 0 fully saturated rings. The quantitative estimate of drug-likeness (QED) is 0.321. The summed E-state index contributed by atoms with van der Waals surface area (Å²) in [5.41, 5.74) is 6.22. The van der Waals surface area contributed by atoms with Gasteiger partial charge in [-0.2, -0.15) is 5.26 Å². The molecule has 0 saturated heterocycles. The third kappa shape index (κ3) is 1.91. The van der Waals surface area contributed by atoms with Crippen LogP contribution < -0.4 is 11.1 Å². The van der Waals surface area contributed by atoms with Gasteiger partial charge in [0, 0.05) is 23.2 Å². The van der Waals surface area contributed by atoms with Crippen molar-refractivity contribution in [2.75, 3.05) is 0 Å². The fourth-order valence-electron chi connectivity index (χ4n) is 1.42. The standard InChI is InChI=1S/C11H9N5/c12-7-15-11(13)16-10-3-1-2-8-6-14-5-4-9(8)10/h1-6H,(H3,13,15,16). The van der Waals surface area contributed by atoms with Gasteiger partial charge in [0.1, 0.15) is 0 Å². The highest BCUT2D eigenvalue weighted by molar-refractivity contribution is 5.95. The fraction of sp³-hybridized carbons (Fsp3) is 0. The highest BCUT2D eigenvalue weighted by Crippen LogP contribution is 2.24. The monoisotopic (exact) mass is 211 g/mol. The summed E-state index contributed by atoms with van der Waals surface area (Å²) in [5.74, 6) is 0.0758.